The summed E-state index contributed by atoms with van der Waals surface area (Å²) in [6, 6.07) is 8.80. The van der Waals surface area contributed by atoms with Gasteiger partial charge in [-0.25, -0.2) is 26.0 Å². The summed E-state index contributed by atoms with van der Waals surface area (Å²) in [6.45, 7) is 0. The van der Waals surface area contributed by atoms with Gasteiger partial charge in [0.1, 0.15) is 5.82 Å². The third-order valence-electron chi connectivity index (χ3n) is 5.94. The fourth-order valence-corrected chi connectivity index (χ4v) is 5.81. The molecule has 0 atom stereocenters. The number of nitrogens with one attached hydrogen (secondary N) is 2. The first-order valence-electron chi connectivity index (χ1n) is 10.8. The minimum Gasteiger partial charge on any atom is -0.366 e. The van der Waals surface area contributed by atoms with Gasteiger partial charge in [0.05, 0.1) is 27.9 Å². The van der Waals surface area contributed by atoms with Crippen LogP contribution >= 0.6 is 22.6 Å². The van der Waals surface area contributed by atoms with Crippen molar-refractivity contribution in [2.75, 3.05) is 10.0 Å². The molecule has 4 N–H and O–H groups in total. The molecule has 0 heterocycles. The molecular weight excluding hydrogens is 613 g/mol. The lowest BCUT2D eigenvalue weighted by Crippen LogP contribution is -2.33. The van der Waals surface area contributed by atoms with Gasteiger partial charge in [0, 0.05) is 9.99 Å². The van der Waals surface area contributed by atoms with E-state index in [1.54, 1.807) is 0 Å². The van der Waals surface area contributed by atoms with Crippen molar-refractivity contribution in [1.29, 1.82) is 0 Å². The van der Waals surface area contributed by atoms with Gasteiger partial charge in [0.15, 0.2) is 17.5 Å². The minimum absolute atomic E-state index is 0.137. The molecule has 0 saturated heterocycles. The Hall–Kier alpha value is -2.87. The van der Waals surface area contributed by atoms with Crippen LogP contribution in [0.4, 0.5) is 34.6 Å². The van der Waals surface area contributed by atoms with Crippen LogP contribution < -0.4 is 15.8 Å². The van der Waals surface area contributed by atoms with Crippen molar-refractivity contribution in [2.24, 2.45) is 5.73 Å². The third-order valence-corrected chi connectivity index (χ3v) is 8.47. The number of carbonyl (C=O) groups is 1. The predicted molar refractivity (Wildman–Crippen MR) is 137 cm³/mol. The molecule has 0 radical (unpaired) electrons. The summed E-state index contributed by atoms with van der Waals surface area (Å²) in [5.41, 5.74) is 3.18. The molecule has 4 rings (SSSR count). The summed E-state index contributed by atoms with van der Waals surface area (Å²) >= 11 is 1.87. The van der Waals surface area contributed by atoms with E-state index in [0.717, 1.165) is 18.6 Å². The number of halogens is 5. The second-order valence-electron chi connectivity index (χ2n) is 8.36. The highest BCUT2D eigenvalue weighted by Gasteiger charge is 2.32. The van der Waals surface area contributed by atoms with Crippen LogP contribution in [-0.2, 0) is 16.4 Å². The van der Waals surface area contributed by atoms with Crippen molar-refractivity contribution in [3.63, 3.8) is 0 Å². The van der Waals surface area contributed by atoms with E-state index in [1.165, 1.54) is 30.3 Å². The summed E-state index contributed by atoms with van der Waals surface area (Å²) in [5, 5.41) is 1.76. The van der Waals surface area contributed by atoms with Gasteiger partial charge in [-0.3, -0.25) is 9.52 Å². The topological polar surface area (TPSA) is 101 Å². The number of carbonyl (C=O) groups excluding carboxylic acids is 1. The Kier molecular flexibility index (Phi) is 7.46. The molecule has 3 aromatic rings. The van der Waals surface area contributed by atoms with Gasteiger partial charge >= 0.3 is 0 Å². The zero-order valence-corrected chi connectivity index (χ0v) is 21.5. The number of sulfonamides is 1. The third kappa shape index (κ3) is 5.28. The molecule has 0 bridgehead atoms. The van der Waals surface area contributed by atoms with Crippen LogP contribution in [0.2, 0.25) is 0 Å². The molecular formula is C24H20F4IN3O3S. The van der Waals surface area contributed by atoms with Crippen LogP contribution in [0.25, 0.3) is 0 Å². The molecule has 1 aliphatic carbocycles. The average molecular weight is 633 g/mol. The van der Waals surface area contributed by atoms with Crippen molar-refractivity contribution in [3.05, 3.63) is 86.0 Å². The van der Waals surface area contributed by atoms with E-state index in [2.05, 4.69) is 10.0 Å². The molecule has 1 saturated carbocycles. The highest BCUT2D eigenvalue weighted by molar-refractivity contribution is 14.1. The molecule has 6 nitrogen and oxygen atoms in total. The molecule has 1 fully saturated rings. The predicted octanol–water partition coefficient (Wildman–Crippen LogP) is 5.58. The first-order valence-corrected chi connectivity index (χ1v) is 13.4. The Morgan fingerprint density at radius 2 is 1.69 bits per heavy atom. The Labute approximate surface area is 218 Å². The molecule has 12 heteroatoms. The number of rotatable bonds is 8. The van der Waals surface area contributed by atoms with E-state index in [4.69, 9.17) is 5.73 Å². The number of anilines is 3. The zero-order chi connectivity index (χ0) is 26.2. The van der Waals surface area contributed by atoms with E-state index < -0.39 is 67.7 Å². The molecule has 190 valence electrons. The van der Waals surface area contributed by atoms with Crippen molar-refractivity contribution in [2.45, 2.75) is 30.9 Å². The first-order chi connectivity index (χ1) is 17.0. The largest absolute Gasteiger partial charge is 0.366 e. The summed E-state index contributed by atoms with van der Waals surface area (Å²) in [6.07, 6.45) is 1.21. The van der Waals surface area contributed by atoms with Crippen molar-refractivity contribution >= 4 is 55.6 Å². The van der Waals surface area contributed by atoms with E-state index in [1.807, 2.05) is 22.6 Å². The highest BCUT2D eigenvalue weighted by Crippen LogP contribution is 2.33. The molecule has 0 spiro atoms. The lowest BCUT2D eigenvalue weighted by atomic mass is 9.99. The van der Waals surface area contributed by atoms with E-state index in [9.17, 15) is 17.6 Å². The smallest absolute Gasteiger partial charge is 0.250 e. The molecule has 36 heavy (non-hydrogen) atoms. The standard InChI is InChI=1S/C24H20F4IN3O3S/c25-17-11-14(29)7-8-18(17)31-23-16(24(30)33)10-13(21(27)22(23)28)9-12-3-1-6-19(20(12)26)32-36(34,35)15-4-2-5-15/h1,3,6-8,10-11,15,31-32H,2,4-5,9H2,(H2,30,33). The van der Waals surface area contributed by atoms with Crippen LogP contribution in [0.1, 0.15) is 40.7 Å². The quantitative estimate of drug-likeness (QED) is 0.223. The van der Waals surface area contributed by atoms with Gasteiger partial charge in [0.25, 0.3) is 5.91 Å². The fourth-order valence-electron chi connectivity index (χ4n) is 3.77. The zero-order valence-electron chi connectivity index (χ0n) is 18.5. The Morgan fingerprint density at radius 1 is 0.972 bits per heavy atom. The van der Waals surface area contributed by atoms with Gasteiger partial charge in [-0.15, -0.1) is 0 Å². The average Bonchev–Trinajstić information content (AvgIpc) is 2.75. The fraction of sp³-hybridized carbons (Fsp3) is 0.208. The number of nitrogens with two attached hydrogens (primary N) is 1. The van der Waals surface area contributed by atoms with Gasteiger partial charge < -0.3 is 11.1 Å². The van der Waals surface area contributed by atoms with E-state index in [0.29, 0.717) is 16.4 Å². The molecule has 3 aromatic carbocycles. The van der Waals surface area contributed by atoms with E-state index in [-0.39, 0.29) is 16.9 Å². The minimum atomic E-state index is -3.79. The monoisotopic (exact) mass is 633 g/mol. The lowest BCUT2D eigenvalue weighted by Gasteiger charge is -2.25. The summed E-state index contributed by atoms with van der Waals surface area (Å²) in [7, 11) is -3.79. The van der Waals surface area contributed by atoms with Crippen LogP contribution in [0, 0.1) is 26.8 Å². The van der Waals surface area contributed by atoms with Crippen molar-refractivity contribution in [3.8, 4) is 0 Å². The molecule has 0 aliphatic heterocycles. The summed E-state index contributed by atoms with van der Waals surface area (Å²) < 4.78 is 87.0. The summed E-state index contributed by atoms with van der Waals surface area (Å²) in [4.78, 5) is 12.0. The Morgan fingerprint density at radius 3 is 2.31 bits per heavy atom. The van der Waals surface area contributed by atoms with Crippen LogP contribution in [0.5, 0.6) is 0 Å². The Bertz CT molecular complexity index is 1460. The van der Waals surface area contributed by atoms with Crippen LogP contribution in [0.15, 0.2) is 42.5 Å². The van der Waals surface area contributed by atoms with Crippen LogP contribution in [0.3, 0.4) is 0 Å². The number of primary amides is 1. The van der Waals surface area contributed by atoms with Crippen molar-refractivity contribution in [1.82, 2.24) is 0 Å². The molecule has 0 unspecified atom stereocenters. The van der Waals surface area contributed by atoms with E-state index >= 15 is 13.2 Å². The molecule has 1 amide bonds. The highest BCUT2D eigenvalue weighted by atomic mass is 127. The number of hydrogen-bond acceptors (Lipinski definition) is 4. The number of benzene rings is 3. The van der Waals surface area contributed by atoms with Gasteiger partial charge in [-0.2, -0.15) is 0 Å². The first kappa shape index (κ1) is 26.2. The van der Waals surface area contributed by atoms with Crippen molar-refractivity contribution < 1.29 is 30.8 Å². The molecule has 1 aliphatic rings. The maximum atomic E-state index is 15.1. The Balaban J connectivity index is 1.68. The maximum absolute atomic E-state index is 15.1. The van der Waals surface area contributed by atoms with Gasteiger partial charge in [-0.1, -0.05) is 18.6 Å². The number of hydrogen-bond donors (Lipinski definition) is 3. The second kappa shape index (κ2) is 10.2. The molecule has 0 aromatic heterocycles. The second-order valence-corrected chi connectivity index (χ2v) is 11.6. The lowest BCUT2D eigenvalue weighted by molar-refractivity contribution is 0.100. The SMILES string of the molecule is NC(=O)c1cc(Cc2cccc(NS(=O)(=O)C3CCC3)c2F)c(F)c(F)c1Nc1ccc(I)cc1F. The maximum Gasteiger partial charge on any atom is 0.250 e. The van der Waals surface area contributed by atoms with Crippen LogP contribution in [-0.4, -0.2) is 19.6 Å². The normalized spacial score (nSPS) is 13.8. The number of amides is 1. The van der Waals surface area contributed by atoms with Gasteiger partial charge in [-0.05, 0) is 76.9 Å². The summed E-state index contributed by atoms with van der Waals surface area (Å²) in [5.74, 6) is -5.73. The van der Waals surface area contributed by atoms with Gasteiger partial charge in [0.2, 0.25) is 10.0 Å².